The first-order chi connectivity index (χ1) is 7.35. The van der Waals surface area contributed by atoms with Gasteiger partial charge in [-0.3, -0.25) is 0 Å². The second kappa shape index (κ2) is 12.0. The summed E-state index contributed by atoms with van der Waals surface area (Å²) in [6, 6.07) is 0. The minimum Gasteiger partial charge on any atom is -0.378 e. The van der Waals surface area contributed by atoms with Gasteiger partial charge in [-0.25, -0.2) is 0 Å². The highest BCUT2D eigenvalue weighted by atomic mass is 16.5. The number of unbranched alkanes of at least 4 members (excludes halogenated alkanes) is 4. The molecule has 0 aliphatic heterocycles. The molecule has 2 N–H and O–H groups in total. The van der Waals surface area contributed by atoms with E-state index in [2.05, 4.69) is 13.8 Å². The summed E-state index contributed by atoms with van der Waals surface area (Å²) in [6.07, 6.45) is 10.3. The predicted octanol–water partition coefficient (Wildman–Crippen LogP) is 3.49. The van der Waals surface area contributed by atoms with E-state index in [1.807, 2.05) is 0 Å². The number of ether oxygens (including phenoxy) is 1. The molecule has 0 aromatic rings. The zero-order valence-corrected chi connectivity index (χ0v) is 10.6. The SMILES string of the molecule is CCCCCOC(CCN)CCCCC. The van der Waals surface area contributed by atoms with Gasteiger partial charge in [0.1, 0.15) is 0 Å². The Bertz CT molecular complexity index is 117. The zero-order chi connectivity index (χ0) is 11.4. The fourth-order valence-corrected chi connectivity index (χ4v) is 1.72. The molecule has 1 unspecified atom stereocenters. The van der Waals surface area contributed by atoms with Crippen LogP contribution in [0.4, 0.5) is 0 Å². The van der Waals surface area contributed by atoms with Gasteiger partial charge in [0.25, 0.3) is 0 Å². The van der Waals surface area contributed by atoms with E-state index in [1.54, 1.807) is 0 Å². The van der Waals surface area contributed by atoms with Crippen molar-refractivity contribution in [1.29, 1.82) is 0 Å². The van der Waals surface area contributed by atoms with Crippen LogP contribution >= 0.6 is 0 Å². The summed E-state index contributed by atoms with van der Waals surface area (Å²) >= 11 is 0. The van der Waals surface area contributed by atoms with Gasteiger partial charge >= 0.3 is 0 Å². The molecule has 0 aromatic carbocycles. The minimum absolute atomic E-state index is 0.415. The molecule has 0 heterocycles. The summed E-state index contributed by atoms with van der Waals surface area (Å²) in [7, 11) is 0. The molecule has 92 valence electrons. The molecule has 0 spiro atoms. The Morgan fingerprint density at radius 2 is 1.60 bits per heavy atom. The molecule has 0 fully saturated rings. The van der Waals surface area contributed by atoms with Gasteiger partial charge < -0.3 is 10.5 Å². The molecule has 15 heavy (non-hydrogen) atoms. The topological polar surface area (TPSA) is 35.2 Å². The second-order valence-corrected chi connectivity index (χ2v) is 4.27. The summed E-state index contributed by atoms with van der Waals surface area (Å²) in [5.41, 5.74) is 5.58. The molecule has 0 rings (SSSR count). The maximum atomic E-state index is 5.85. The standard InChI is InChI=1S/C13H29NO/c1-3-5-7-9-13(10-11-14)15-12-8-6-4-2/h13H,3-12,14H2,1-2H3. The van der Waals surface area contributed by atoms with E-state index in [4.69, 9.17) is 10.5 Å². The average Bonchev–Trinajstić information content (AvgIpc) is 2.24. The number of hydrogen-bond acceptors (Lipinski definition) is 2. The lowest BCUT2D eigenvalue weighted by atomic mass is 10.1. The third-order valence-corrected chi connectivity index (χ3v) is 2.72. The predicted molar refractivity (Wildman–Crippen MR) is 67.1 cm³/mol. The maximum Gasteiger partial charge on any atom is 0.0587 e. The molecular formula is C13H29NO. The molecule has 0 radical (unpaired) electrons. The Morgan fingerprint density at radius 3 is 2.20 bits per heavy atom. The lowest BCUT2D eigenvalue weighted by molar-refractivity contribution is 0.0393. The number of hydrogen-bond donors (Lipinski definition) is 1. The second-order valence-electron chi connectivity index (χ2n) is 4.27. The Morgan fingerprint density at radius 1 is 0.933 bits per heavy atom. The van der Waals surface area contributed by atoms with Crippen molar-refractivity contribution in [2.24, 2.45) is 5.73 Å². The van der Waals surface area contributed by atoms with Crippen molar-refractivity contribution in [2.75, 3.05) is 13.2 Å². The van der Waals surface area contributed by atoms with Crippen LogP contribution in [-0.4, -0.2) is 19.3 Å². The quantitative estimate of drug-likeness (QED) is 0.535. The van der Waals surface area contributed by atoms with Crippen molar-refractivity contribution in [1.82, 2.24) is 0 Å². The van der Waals surface area contributed by atoms with Crippen molar-refractivity contribution in [3.63, 3.8) is 0 Å². The highest BCUT2D eigenvalue weighted by Crippen LogP contribution is 2.10. The van der Waals surface area contributed by atoms with E-state index in [0.717, 1.165) is 19.6 Å². The van der Waals surface area contributed by atoms with Gasteiger partial charge in [0.2, 0.25) is 0 Å². The fourth-order valence-electron chi connectivity index (χ4n) is 1.72. The van der Waals surface area contributed by atoms with Gasteiger partial charge in [-0.15, -0.1) is 0 Å². The van der Waals surface area contributed by atoms with Crippen LogP contribution in [0, 0.1) is 0 Å². The summed E-state index contributed by atoms with van der Waals surface area (Å²) in [6.45, 7) is 6.13. The molecule has 2 nitrogen and oxygen atoms in total. The van der Waals surface area contributed by atoms with E-state index in [0.29, 0.717) is 6.10 Å². The first-order valence-electron chi connectivity index (χ1n) is 6.66. The van der Waals surface area contributed by atoms with Crippen LogP contribution in [0.5, 0.6) is 0 Å². The fraction of sp³-hybridized carbons (Fsp3) is 1.00. The van der Waals surface area contributed by atoms with Crippen LogP contribution in [0.15, 0.2) is 0 Å². The molecule has 0 aromatic heterocycles. The Kier molecular flexibility index (Phi) is 11.9. The van der Waals surface area contributed by atoms with Crippen LogP contribution in [-0.2, 0) is 4.74 Å². The first kappa shape index (κ1) is 14.9. The van der Waals surface area contributed by atoms with Gasteiger partial charge in [-0.05, 0) is 25.8 Å². The Balaban J connectivity index is 3.44. The lowest BCUT2D eigenvalue weighted by Gasteiger charge is -2.16. The highest BCUT2D eigenvalue weighted by molar-refractivity contribution is 4.59. The smallest absolute Gasteiger partial charge is 0.0587 e. The molecule has 0 amide bonds. The van der Waals surface area contributed by atoms with Gasteiger partial charge in [0.05, 0.1) is 6.10 Å². The van der Waals surface area contributed by atoms with Gasteiger partial charge in [0.15, 0.2) is 0 Å². The van der Waals surface area contributed by atoms with Crippen molar-refractivity contribution < 1.29 is 4.74 Å². The van der Waals surface area contributed by atoms with E-state index >= 15 is 0 Å². The van der Waals surface area contributed by atoms with Crippen molar-refractivity contribution in [3.8, 4) is 0 Å². The van der Waals surface area contributed by atoms with Crippen molar-refractivity contribution >= 4 is 0 Å². The molecule has 2 heteroatoms. The van der Waals surface area contributed by atoms with Gasteiger partial charge in [-0.1, -0.05) is 46.0 Å². The number of nitrogens with two attached hydrogens (primary N) is 1. The van der Waals surface area contributed by atoms with Gasteiger partial charge in [0, 0.05) is 6.61 Å². The highest BCUT2D eigenvalue weighted by Gasteiger charge is 2.07. The van der Waals surface area contributed by atoms with Crippen LogP contribution in [0.2, 0.25) is 0 Å². The molecule has 0 aliphatic rings. The van der Waals surface area contributed by atoms with Crippen molar-refractivity contribution in [2.45, 2.75) is 71.3 Å². The largest absolute Gasteiger partial charge is 0.378 e. The molecule has 1 atom stereocenters. The van der Waals surface area contributed by atoms with Crippen molar-refractivity contribution in [3.05, 3.63) is 0 Å². The van der Waals surface area contributed by atoms with E-state index in [-0.39, 0.29) is 0 Å². The first-order valence-corrected chi connectivity index (χ1v) is 6.66. The summed E-state index contributed by atoms with van der Waals surface area (Å²) in [5, 5.41) is 0. The van der Waals surface area contributed by atoms with Crippen LogP contribution in [0.1, 0.15) is 65.2 Å². The minimum atomic E-state index is 0.415. The van der Waals surface area contributed by atoms with Crippen LogP contribution < -0.4 is 5.73 Å². The lowest BCUT2D eigenvalue weighted by Crippen LogP contribution is -2.18. The van der Waals surface area contributed by atoms with Crippen LogP contribution in [0.25, 0.3) is 0 Å². The van der Waals surface area contributed by atoms with E-state index in [9.17, 15) is 0 Å². The third kappa shape index (κ3) is 10.2. The molecule has 0 saturated heterocycles. The summed E-state index contributed by atoms with van der Waals surface area (Å²) in [5.74, 6) is 0. The Labute approximate surface area is 95.6 Å². The molecule has 0 bridgehead atoms. The maximum absolute atomic E-state index is 5.85. The average molecular weight is 215 g/mol. The van der Waals surface area contributed by atoms with Crippen LogP contribution in [0.3, 0.4) is 0 Å². The third-order valence-electron chi connectivity index (χ3n) is 2.72. The van der Waals surface area contributed by atoms with Gasteiger partial charge in [-0.2, -0.15) is 0 Å². The summed E-state index contributed by atoms with van der Waals surface area (Å²) < 4.78 is 5.85. The Hall–Kier alpha value is -0.0800. The van der Waals surface area contributed by atoms with E-state index in [1.165, 1.54) is 44.9 Å². The molecular weight excluding hydrogens is 186 g/mol. The zero-order valence-electron chi connectivity index (χ0n) is 10.6. The molecule has 0 saturated carbocycles. The summed E-state index contributed by atoms with van der Waals surface area (Å²) in [4.78, 5) is 0. The monoisotopic (exact) mass is 215 g/mol. The normalized spacial score (nSPS) is 13.0. The van der Waals surface area contributed by atoms with E-state index < -0.39 is 0 Å². The number of rotatable bonds is 11. The molecule has 0 aliphatic carbocycles.